The van der Waals surface area contributed by atoms with Gasteiger partial charge in [0.2, 0.25) is 5.91 Å². The van der Waals surface area contributed by atoms with Crippen LogP contribution in [-0.4, -0.2) is 66.2 Å². The Hall–Kier alpha value is -2.85. The Morgan fingerprint density at radius 3 is 2.27 bits per heavy atom. The Balaban J connectivity index is 1.38. The normalized spacial score (nSPS) is 19.8. The van der Waals surface area contributed by atoms with Crippen molar-refractivity contribution in [3.8, 4) is 0 Å². The van der Waals surface area contributed by atoms with Gasteiger partial charge in [-0.15, -0.1) is 0 Å². The lowest BCUT2D eigenvalue weighted by Crippen LogP contribution is -2.43. The van der Waals surface area contributed by atoms with Crippen molar-refractivity contribution in [2.75, 3.05) is 32.7 Å². The highest BCUT2D eigenvalue weighted by Gasteiger charge is 2.40. The number of hydrogen-bond donors (Lipinski definition) is 0. The number of piperidine rings is 1. The maximum absolute atomic E-state index is 13.3. The summed E-state index contributed by atoms with van der Waals surface area (Å²) in [6.07, 6.45) is -9.90. The van der Waals surface area contributed by atoms with Gasteiger partial charge in [0.15, 0.2) is 0 Å². The van der Waals surface area contributed by atoms with E-state index in [2.05, 4.69) is 4.99 Å². The Kier molecular flexibility index (Phi) is 6.00. The predicted octanol–water partition coefficient (Wildman–Crippen LogP) is 3.96. The molecule has 4 rings (SSSR count). The third-order valence-electron chi connectivity index (χ3n) is 6.27. The van der Waals surface area contributed by atoms with E-state index in [0.29, 0.717) is 24.0 Å². The highest BCUT2D eigenvalue weighted by Crippen LogP contribution is 2.39. The highest BCUT2D eigenvalue weighted by molar-refractivity contribution is 6.46. The predicted molar refractivity (Wildman–Crippen MR) is 107 cm³/mol. The molecule has 2 amide bonds. The lowest BCUT2D eigenvalue weighted by Gasteiger charge is -2.33. The summed E-state index contributed by atoms with van der Waals surface area (Å²) in [5.41, 5.74) is 0.832. The van der Waals surface area contributed by atoms with E-state index in [4.69, 9.17) is 0 Å². The fourth-order valence-corrected chi connectivity index (χ4v) is 4.65. The van der Waals surface area contributed by atoms with Gasteiger partial charge in [-0.05, 0) is 36.0 Å². The van der Waals surface area contributed by atoms with Crippen LogP contribution in [0.4, 0.5) is 26.3 Å². The van der Waals surface area contributed by atoms with E-state index in [1.54, 1.807) is 6.07 Å². The van der Waals surface area contributed by atoms with Crippen LogP contribution in [-0.2, 0) is 15.8 Å². The number of amides is 2. The Morgan fingerprint density at radius 1 is 0.970 bits per heavy atom. The maximum atomic E-state index is 13.3. The zero-order chi connectivity index (χ0) is 24.0. The molecular weight excluding hydrogens is 452 g/mol. The molecule has 3 aliphatic rings. The van der Waals surface area contributed by atoms with Crippen LogP contribution in [0.15, 0.2) is 40.4 Å². The molecule has 3 aliphatic heterocycles. The van der Waals surface area contributed by atoms with E-state index in [9.17, 15) is 35.9 Å². The molecule has 3 heterocycles. The van der Waals surface area contributed by atoms with Gasteiger partial charge in [0.05, 0.1) is 12.1 Å². The molecule has 0 N–H and O–H groups in total. The average molecular weight is 473 g/mol. The Labute approximate surface area is 185 Å². The first-order valence-electron chi connectivity index (χ1n) is 10.5. The third kappa shape index (κ3) is 4.91. The van der Waals surface area contributed by atoms with E-state index in [1.165, 1.54) is 17.0 Å². The van der Waals surface area contributed by atoms with Crippen LogP contribution < -0.4 is 0 Å². The molecular formula is C22H21F6N3O2. The first kappa shape index (κ1) is 23.3. The zero-order valence-corrected chi connectivity index (χ0v) is 17.5. The van der Waals surface area contributed by atoms with E-state index < -0.39 is 36.2 Å². The van der Waals surface area contributed by atoms with Crippen molar-refractivity contribution in [3.63, 3.8) is 0 Å². The molecule has 1 fully saturated rings. The molecule has 0 aliphatic carbocycles. The zero-order valence-electron chi connectivity index (χ0n) is 17.5. The number of rotatable bonds is 3. The fourth-order valence-electron chi connectivity index (χ4n) is 4.65. The lowest BCUT2D eigenvalue weighted by molar-refractivity contribution is -0.160. The third-order valence-corrected chi connectivity index (χ3v) is 6.27. The Bertz CT molecular complexity index is 1020. The van der Waals surface area contributed by atoms with Crippen LogP contribution in [0.25, 0.3) is 0 Å². The van der Waals surface area contributed by atoms with Gasteiger partial charge < -0.3 is 9.80 Å². The second kappa shape index (κ2) is 8.49. The lowest BCUT2D eigenvalue weighted by atomic mass is 9.86. The first-order valence-corrected chi connectivity index (χ1v) is 10.5. The number of nitrogens with zero attached hydrogens (tertiary/aromatic N) is 3. The summed E-state index contributed by atoms with van der Waals surface area (Å²) in [6.45, 7) is 0.564. The largest absolute Gasteiger partial charge is 0.416 e. The van der Waals surface area contributed by atoms with Gasteiger partial charge in [-0.25, -0.2) is 0 Å². The van der Waals surface area contributed by atoms with Crippen molar-refractivity contribution in [1.82, 2.24) is 9.80 Å². The second-order valence-electron chi connectivity index (χ2n) is 8.44. The molecule has 178 valence electrons. The van der Waals surface area contributed by atoms with Gasteiger partial charge in [0.1, 0.15) is 12.1 Å². The molecule has 0 radical (unpaired) electrons. The van der Waals surface area contributed by atoms with E-state index in [0.717, 1.165) is 11.0 Å². The topological polar surface area (TPSA) is 53.0 Å². The van der Waals surface area contributed by atoms with Crippen LogP contribution in [0.1, 0.15) is 36.3 Å². The van der Waals surface area contributed by atoms with Crippen LogP contribution in [0, 0.1) is 0 Å². The van der Waals surface area contributed by atoms with Crippen molar-refractivity contribution >= 4 is 17.5 Å². The average Bonchev–Trinajstić information content (AvgIpc) is 3.33. The number of carbonyl (C=O) groups excluding carboxylic acids is 2. The molecule has 0 unspecified atom stereocenters. The number of aliphatic imine (C=N–C) groups is 1. The minimum atomic E-state index is -4.61. The molecule has 33 heavy (non-hydrogen) atoms. The van der Waals surface area contributed by atoms with Crippen molar-refractivity contribution in [1.29, 1.82) is 0 Å². The van der Waals surface area contributed by atoms with Crippen molar-refractivity contribution < 1.29 is 35.9 Å². The quantitative estimate of drug-likeness (QED) is 0.625. The van der Waals surface area contributed by atoms with Crippen LogP contribution in [0.2, 0.25) is 0 Å². The summed E-state index contributed by atoms with van der Waals surface area (Å²) in [5.74, 6) is -1.78. The minimum absolute atomic E-state index is 0.0147. The highest BCUT2D eigenvalue weighted by atomic mass is 19.4. The minimum Gasteiger partial charge on any atom is -0.337 e. The standard InChI is InChI=1S/C22H21F6N3O2/c23-21(24,25)9-18(32)31-11-14-10-29-19(16(14)12-31)20(33)30-7-5-13(6-8-30)15-3-1-2-4-17(15)22(26,27)28/h1-4,13H,5-12H2. The molecule has 1 saturated heterocycles. The number of hydrogen-bond acceptors (Lipinski definition) is 3. The van der Waals surface area contributed by atoms with Crippen LogP contribution in [0.5, 0.6) is 0 Å². The first-order chi connectivity index (χ1) is 15.4. The van der Waals surface area contributed by atoms with Gasteiger partial charge in [0.25, 0.3) is 5.91 Å². The molecule has 1 aromatic carbocycles. The summed E-state index contributed by atoms with van der Waals surface area (Å²) in [4.78, 5) is 31.7. The maximum Gasteiger partial charge on any atom is 0.416 e. The summed E-state index contributed by atoms with van der Waals surface area (Å²) in [5, 5.41) is 0. The molecule has 11 heteroatoms. The monoisotopic (exact) mass is 473 g/mol. The van der Waals surface area contributed by atoms with Gasteiger partial charge in [-0.1, -0.05) is 18.2 Å². The number of benzene rings is 1. The van der Waals surface area contributed by atoms with Crippen molar-refractivity contribution in [2.24, 2.45) is 4.99 Å². The summed E-state index contributed by atoms with van der Waals surface area (Å²) in [7, 11) is 0. The molecule has 0 atom stereocenters. The number of likely N-dealkylation sites (tertiary alicyclic amines) is 1. The molecule has 0 saturated carbocycles. The van der Waals surface area contributed by atoms with E-state index in [-0.39, 0.29) is 49.9 Å². The van der Waals surface area contributed by atoms with Crippen molar-refractivity contribution in [2.45, 2.75) is 37.5 Å². The number of alkyl halides is 6. The molecule has 5 nitrogen and oxygen atoms in total. The fraction of sp³-hybridized carbons (Fsp3) is 0.500. The molecule has 0 aromatic heterocycles. The SMILES string of the molecule is O=C(CC(F)(F)F)N1CC2=C(C1)C(C(=O)N1CCC(c3ccccc3C(F)(F)F)CC1)=NC2. The molecule has 1 aromatic rings. The van der Waals surface area contributed by atoms with Crippen molar-refractivity contribution in [3.05, 3.63) is 46.5 Å². The summed E-state index contributed by atoms with van der Waals surface area (Å²) in [6, 6.07) is 5.43. The van der Waals surface area contributed by atoms with Gasteiger partial charge in [-0.3, -0.25) is 14.6 Å². The van der Waals surface area contributed by atoms with E-state index >= 15 is 0 Å². The van der Waals surface area contributed by atoms with Gasteiger partial charge >= 0.3 is 12.4 Å². The van der Waals surface area contributed by atoms with Gasteiger partial charge in [0, 0.05) is 31.8 Å². The number of halogens is 6. The second-order valence-corrected chi connectivity index (χ2v) is 8.44. The van der Waals surface area contributed by atoms with Crippen LogP contribution >= 0.6 is 0 Å². The van der Waals surface area contributed by atoms with Crippen LogP contribution in [0.3, 0.4) is 0 Å². The smallest absolute Gasteiger partial charge is 0.337 e. The summed E-state index contributed by atoms with van der Waals surface area (Å²) >= 11 is 0. The summed E-state index contributed by atoms with van der Waals surface area (Å²) < 4.78 is 77.6. The van der Waals surface area contributed by atoms with Gasteiger partial charge in [-0.2, -0.15) is 26.3 Å². The number of carbonyl (C=O) groups is 2. The van der Waals surface area contributed by atoms with E-state index in [1.807, 2.05) is 0 Å². The molecule has 0 bridgehead atoms. The Morgan fingerprint density at radius 2 is 1.64 bits per heavy atom. The molecule has 0 spiro atoms.